The number of benzene rings is 2. The Morgan fingerprint density at radius 1 is 0.941 bits per heavy atom. The van der Waals surface area contributed by atoms with Gasteiger partial charge in [0.15, 0.2) is 0 Å². The van der Waals surface area contributed by atoms with Gasteiger partial charge in [0.1, 0.15) is 0 Å². The van der Waals surface area contributed by atoms with Gasteiger partial charge in [-0.15, -0.1) is 0 Å². The SMILES string of the molecule is C/C=C\C=C/C1=C(C)C(=O)N(Cc2cnc(-c3ccc(Cl)cc3)c(-c3ccccc3Cl)c2)C1=O. The third-order valence-corrected chi connectivity index (χ3v) is 6.16. The molecule has 1 aromatic heterocycles. The molecule has 170 valence electrons. The van der Waals surface area contributed by atoms with E-state index in [0.717, 1.165) is 27.9 Å². The molecule has 1 aliphatic heterocycles. The molecule has 0 spiro atoms. The summed E-state index contributed by atoms with van der Waals surface area (Å²) in [5, 5.41) is 1.21. The minimum atomic E-state index is -0.315. The van der Waals surface area contributed by atoms with Crippen LogP contribution in [0.4, 0.5) is 0 Å². The second kappa shape index (κ2) is 10.2. The van der Waals surface area contributed by atoms with Crippen molar-refractivity contribution in [1.82, 2.24) is 9.88 Å². The van der Waals surface area contributed by atoms with E-state index in [0.29, 0.717) is 21.2 Å². The van der Waals surface area contributed by atoms with Gasteiger partial charge in [0, 0.05) is 44.1 Å². The Hall–Kier alpha value is -3.47. The molecule has 0 radical (unpaired) electrons. The minimum absolute atomic E-state index is 0.112. The van der Waals surface area contributed by atoms with Crippen LogP contribution in [0.2, 0.25) is 10.0 Å². The van der Waals surface area contributed by atoms with Crippen molar-refractivity contribution in [2.75, 3.05) is 0 Å². The lowest BCUT2D eigenvalue weighted by atomic mass is 9.97. The molecule has 0 atom stereocenters. The van der Waals surface area contributed by atoms with Gasteiger partial charge in [0.2, 0.25) is 0 Å². The van der Waals surface area contributed by atoms with Crippen molar-refractivity contribution in [2.24, 2.45) is 0 Å². The largest absolute Gasteiger partial charge is 0.270 e. The number of allylic oxidation sites excluding steroid dienone is 3. The number of imide groups is 1. The summed E-state index contributed by atoms with van der Waals surface area (Å²) in [6.07, 6.45) is 8.79. The number of rotatable bonds is 6. The van der Waals surface area contributed by atoms with Crippen LogP contribution in [0.1, 0.15) is 19.4 Å². The maximum Gasteiger partial charge on any atom is 0.261 e. The van der Waals surface area contributed by atoms with Gasteiger partial charge in [-0.1, -0.05) is 71.8 Å². The van der Waals surface area contributed by atoms with Crippen molar-refractivity contribution in [3.8, 4) is 22.4 Å². The van der Waals surface area contributed by atoms with Crippen molar-refractivity contribution in [1.29, 1.82) is 0 Å². The highest BCUT2D eigenvalue weighted by molar-refractivity contribution is 6.33. The number of hydrogen-bond donors (Lipinski definition) is 0. The summed E-state index contributed by atoms with van der Waals surface area (Å²) in [7, 11) is 0. The van der Waals surface area contributed by atoms with E-state index >= 15 is 0 Å². The Balaban J connectivity index is 1.73. The first-order valence-corrected chi connectivity index (χ1v) is 11.5. The molecular weight excluding hydrogens is 467 g/mol. The lowest BCUT2D eigenvalue weighted by molar-refractivity contribution is -0.138. The molecule has 6 heteroatoms. The Morgan fingerprint density at radius 3 is 2.38 bits per heavy atom. The molecule has 2 aromatic carbocycles. The van der Waals surface area contributed by atoms with Gasteiger partial charge in [0.25, 0.3) is 11.8 Å². The van der Waals surface area contributed by atoms with E-state index in [4.69, 9.17) is 28.2 Å². The summed E-state index contributed by atoms with van der Waals surface area (Å²) in [6.45, 7) is 3.67. The highest BCUT2D eigenvalue weighted by Gasteiger charge is 2.34. The standard InChI is InChI=1S/C28H22Cl2N2O2/c1-3-4-5-8-22-18(2)27(33)32(28(22)34)17-19-15-24(23-9-6-7-10-25(23)30)26(31-16-19)20-11-13-21(29)14-12-20/h3-16H,17H2,1-2H3/b4-3-,8-5-. The molecule has 4 rings (SSSR count). The van der Waals surface area contributed by atoms with Crippen LogP contribution < -0.4 is 0 Å². The zero-order valence-electron chi connectivity index (χ0n) is 18.8. The molecule has 0 saturated heterocycles. The van der Waals surface area contributed by atoms with Crippen LogP contribution in [0, 0.1) is 0 Å². The zero-order valence-corrected chi connectivity index (χ0v) is 20.3. The lowest BCUT2D eigenvalue weighted by Crippen LogP contribution is -2.31. The van der Waals surface area contributed by atoms with Crippen LogP contribution in [0.15, 0.2) is 96.2 Å². The fourth-order valence-corrected chi connectivity index (χ4v) is 4.18. The Labute approximate surface area is 208 Å². The average Bonchev–Trinajstić information content (AvgIpc) is 3.03. The normalized spacial score (nSPS) is 14.3. The number of carbonyl (C=O) groups excluding carboxylic acids is 2. The molecule has 0 unspecified atom stereocenters. The molecule has 3 aromatic rings. The van der Waals surface area contributed by atoms with Crippen LogP contribution in [0.3, 0.4) is 0 Å². The first-order chi connectivity index (χ1) is 16.4. The summed E-state index contributed by atoms with van der Waals surface area (Å²) >= 11 is 12.6. The molecule has 2 heterocycles. The summed E-state index contributed by atoms with van der Waals surface area (Å²) in [6, 6.07) is 16.9. The van der Waals surface area contributed by atoms with E-state index in [-0.39, 0.29) is 18.4 Å². The quantitative estimate of drug-likeness (QED) is 0.276. The van der Waals surface area contributed by atoms with Gasteiger partial charge in [-0.3, -0.25) is 19.5 Å². The number of aromatic nitrogens is 1. The maximum atomic E-state index is 13.0. The minimum Gasteiger partial charge on any atom is -0.270 e. The monoisotopic (exact) mass is 488 g/mol. The second-order valence-electron chi connectivity index (χ2n) is 7.85. The Bertz CT molecular complexity index is 1360. The molecule has 34 heavy (non-hydrogen) atoms. The van der Waals surface area contributed by atoms with E-state index < -0.39 is 0 Å². The average molecular weight is 489 g/mol. The summed E-state index contributed by atoms with van der Waals surface area (Å²) < 4.78 is 0. The van der Waals surface area contributed by atoms with Crippen molar-refractivity contribution in [3.63, 3.8) is 0 Å². The number of pyridine rings is 1. The topological polar surface area (TPSA) is 50.3 Å². The Kier molecular flexibility index (Phi) is 7.11. The van der Waals surface area contributed by atoms with E-state index in [1.54, 1.807) is 25.3 Å². The Morgan fingerprint density at radius 2 is 1.68 bits per heavy atom. The van der Waals surface area contributed by atoms with Gasteiger partial charge in [-0.05, 0) is 49.8 Å². The fourth-order valence-electron chi connectivity index (χ4n) is 3.82. The lowest BCUT2D eigenvalue weighted by Gasteiger charge is -2.17. The van der Waals surface area contributed by atoms with Crippen LogP contribution in [0.25, 0.3) is 22.4 Å². The van der Waals surface area contributed by atoms with E-state index in [1.807, 2.05) is 73.7 Å². The second-order valence-corrected chi connectivity index (χ2v) is 8.69. The van der Waals surface area contributed by atoms with Crippen LogP contribution >= 0.6 is 23.2 Å². The van der Waals surface area contributed by atoms with Gasteiger partial charge < -0.3 is 0 Å². The van der Waals surface area contributed by atoms with Crippen LogP contribution in [-0.2, 0) is 16.1 Å². The predicted octanol–water partition coefficient (Wildman–Crippen LogP) is 7.04. The third-order valence-electron chi connectivity index (χ3n) is 5.58. The third kappa shape index (κ3) is 4.74. The number of amides is 2. The zero-order chi connectivity index (χ0) is 24.2. The van der Waals surface area contributed by atoms with Gasteiger partial charge in [0.05, 0.1) is 12.2 Å². The molecule has 0 saturated carbocycles. The highest BCUT2D eigenvalue weighted by atomic mass is 35.5. The molecule has 0 bridgehead atoms. The van der Waals surface area contributed by atoms with Crippen molar-refractivity contribution < 1.29 is 9.59 Å². The molecule has 1 aliphatic rings. The molecule has 0 N–H and O–H groups in total. The molecule has 0 fully saturated rings. The van der Waals surface area contributed by atoms with Gasteiger partial charge in [-0.25, -0.2) is 0 Å². The summed E-state index contributed by atoms with van der Waals surface area (Å²) in [5.41, 5.74) is 4.79. The van der Waals surface area contributed by atoms with Gasteiger partial charge in [-0.2, -0.15) is 0 Å². The van der Waals surface area contributed by atoms with Crippen LogP contribution in [-0.4, -0.2) is 21.7 Å². The number of halogens is 2. The fraction of sp³-hybridized carbons (Fsp3) is 0.107. The smallest absolute Gasteiger partial charge is 0.261 e. The molecular formula is C28H22Cl2N2O2. The first-order valence-electron chi connectivity index (χ1n) is 10.8. The van der Waals surface area contributed by atoms with Crippen molar-refractivity contribution in [3.05, 3.63) is 112 Å². The summed E-state index contributed by atoms with van der Waals surface area (Å²) in [5.74, 6) is -0.615. The number of nitrogens with zero attached hydrogens (tertiary/aromatic N) is 2. The van der Waals surface area contributed by atoms with Gasteiger partial charge >= 0.3 is 0 Å². The molecule has 0 aliphatic carbocycles. The van der Waals surface area contributed by atoms with E-state index in [9.17, 15) is 9.59 Å². The maximum absolute atomic E-state index is 13.0. The summed E-state index contributed by atoms with van der Waals surface area (Å²) in [4.78, 5) is 31.8. The first kappa shape index (κ1) is 23.7. The highest BCUT2D eigenvalue weighted by Crippen LogP contribution is 2.36. The predicted molar refractivity (Wildman–Crippen MR) is 137 cm³/mol. The van der Waals surface area contributed by atoms with Crippen LogP contribution in [0.5, 0.6) is 0 Å². The number of hydrogen-bond acceptors (Lipinski definition) is 3. The molecule has 2 amide bonds. The molecule has 4 nitrogen and oxygen atoms in total. The van der Waals surface area contributed by atoms with E-state index in [2.05, 4.69) is 0 Å². The van der Waals surface area contributed by atoms with Crippen molar-refractivity contribution in [2.45, 2.75) is 20.4 Å². The van der Waals surface area contributed by atoms with Crippen molar-refractivity contribution >= 4 is 35.0 Å². The number of carbonyl (C=O) groups is 2. The van der Waals surface area contributed by atoms with E-state index in [1.165, 1.54) is 4.90 Å².